The van der Waals surface area contributed by atoms with Crippen LogP contribution in [-0.2, 0) is 9.53 Å². The van der Waals surface area contributed by atoms with Crippen molar-refractivity contribution in [3.8, 4) is 0 Å². The first-order chi connectivity index (χ1) is 13.4. The topological polar surface area (TPSA) is 91.5 Å². The summed E-state index contributed by atoms with van der Waals surface area (Å²) in [5, 5.41) is 3.55. The minimum absolute atomic E-state index is 0.0993. The van der Waals surface area contributed by atoms with Crippen molar-refractivity contribution in [2.24, 2.45) is 0 Å². The summed E-state index contributed by atoms with van der Waals surface area (Å²) in [5.74, 6) is -1.36. The third kappa shape index (κ3) is 4.15. The van der Waals surface area contributed by atoms with E-state index >= 15 is 0 Å². The van der Waals surface area contributed by atoms with Crippen LogP contribution in [0, 0.1) is 0 Å². The van der Waals surface area contributed by atoms with Crippen LogP contribution >= 0.6 is 11.6 Å². The number of para-hydroxylation sites is 1. The maximum absolute atomic E-state index is 12.2. The molecule has 2 amide bonds. The van der Waals surface area contributed by atoms with Crippen LogP contribution < -0.4 is 5.32 Å². The molecule has 2 N–H and O–H groups in total. The van der Waals surface area contributed by atoms with Crippen molar-refractivity contribution >= 4 is 46.0 Å². The van der Waals surface area contributed by atoms with Crippen LogP contribution in [0.25, 0.3) is 10.9 Å². The highest BCUT2D eigenvalue weighted by Crippen LogP contribution is 2.27. The highest BCUT2D eigenvalue weighted by Gasteiger charge is 2.18. The summed E-state index contributed by atoms with van der Waals surface area (Å²) in [7, 11) is 3.32. The number of benzene rings is 2. The summed E-state index contributed by atoms with van der Waals surface area (Å²) in [6.45, 7) is -0.469. The van der Waals surface area contributed by atoms with Crippen molar-refractivity contribution in [1.29, 1.82) is 0 Å². The number of carbonyl (C=O) groups excluding carboxylic acids is 3. The number of nitrogens with one attached hydrogen (secondary N) is 2. The van der Waals surface area contributed by atoms with E-state index in [9.17, 15) is 14.4 Å². The number of esters is 1. The molecule has 0 fully saturated rings. The van der Waals surface area contributed by atoms with Crippen molar-refractivity contribution in [2.75, 3.05) is 26.0 Å². The van der Waals surface area contributed by atoms with E-state index in [1.165, 1.54) is 4.90 Å². The lowest BCUT2D eigenvalue weighted by molar-refractivity contribution is -0.119. The maximum Gasteiger partial charge on any atom is 0.356 e. The number of nitrogens with zero attached hydrogens (tertiary/aromatic N) is 1. The maximum atomic E-state index is 12.2. The fraction of sp³-hybridized carbons (Fsp3) is 0.150. The number of H-pyrrole nitrogens is 1. The lowest BCUT2D eigenvalue weighted by Gasteiger charge is -2.11. The second-order valence-corrected chi connectivity index (χ2v) is 6.64. The number of aromatic nitrogens is 1. The Morgan fingerprint density at radius 3 is 2.39 bits per heavy atom. The van der Waals surface area contributed by atoms with Gasteiger partial charge in [0.2, 0.25) is 0 Å². The van der Waals surface area contributed by atoms with Crippen molar-refractivity contribution in [3.05, 3.63) is 64.8 Å². The van der Waals surface area contributed by atoms with E-state index in [0.29, 0.717) is 22.2 Å². The average molecular weight is 400 g/mol. The predicted molar refractivity (Wildman–Crippen MR) is 107 cm³/mol. The van der Waals surface area contributed by atoms with Gasteiger partial charge in [-0.3, -0.25) is 9.59 Å². The predicted octanol–water partition coefficient (Wildman–Crippen LogP) is 3.32. The monoisotopic (exact) mass is 399 g/mol. The molecule has 0 bridgehead atoms. The van der Waals surface area contributed by atoms with Crippen molar-refractivity contribution in [2.45, 2.75) is 0 Å². The number of anilines is 1. The van der Waals surface area contributed by atoms with Gasteiger partial charge in [-0.1, -0.05) is 29.8 Å². The molecule has 3 aromatic rings. The van der Waals surface area contributed by atoms with E-state index in [1.54, 1.807) is 50.5 Å². The van der Waals surface area contributed by atoms with Gasteiger partial charge in [0.25, 0.3) is 11.8 Å². The van der Waals surface area contributed by atoms with Crippen LogP contribution in [0.4, 0.5) is 5.69 Å². The van der Waals surface area contributed by atoms with Gasteiger partial charge in [0.15, 0.2) is 6.61 Å². The molecular formula is C20H18ClN3O4. The number of halogens is 1. The number of aromatic amines is 1. The smallest absolute Gasteiger partial charge is 0.356 e. The Morgan fingerprint density at radius 2 is 1.75 bits per heavy atom. The Morgan fingerprint density at radius 1 is 1.07 bits per heavy atom. The molecule has 7 nitrogen and oxygen atoms in total. The fourth-order valence-corrected chi connectivity index (χ4v) is 2.89. The Balaban J connectivity index is 1.58. The second-order valence-electron chi connectivity index (χ2n) is 6.26. The van der Waals surface area contributed by atoms with Crippen LogP contribution in [-0.4, -0.2) is 48.4 Å². The minimum Gasteiger partial charge on any atom is -0.451 e. The molecule has 0 spiro atoms. The second kappa shape index (κ2) is 8.14. The molecule has 0 atom stereocenters. The Labute approximate surface area is 166 Å². The third-order valence-electron chi connectivity index (χ3n) is 4.00. The third-order valence-corrected chi connectivity index (χ3v) is 4.40. The van der Waals surface area contributed by atoms with E-state index < -0.39 is 18.5 Å². The summed E-state index contributed by atoms with van der Waals surface area (Å²) in [5.41, 5.74) is 1.79. The number of rotatable bonds is 5. The SMILES string of the molecule is CN(C)C(=O)c1ccc(NC(=O)COC(=O)c2[nH]c3ccccc3c2Cl)cc1. The highest BCUT2D eigenvalue weighted by molar-refractivity contribution is 6.38. The summed E-state index contributed by atoms with van der Waals surface area (Å²) in [6.07, 6.45) is 0. The van der Waals surface area contributed by atoms with E-state index in [-0.39, 0.29) is 16.6 Å². The molecule has 0 aliphatic carbocycles. The number of amides is 2. The molecule has 0 saturated carbocycles. The van der Waals surface area contributed by atoms with Gasteiger partial charge >= 0.3 is 5.97 Å². The molecule has 144 valence electrons. The van der Waals surface area contributed by atoms with Gasteiger partial charge in [0.1, 0.15) is 5.69 Å². The van der Waals surface area contributed by atoms with Crippen LogP contribution in [0.5, 0.6) is 0 Å². The molecule has 3 rings (SSSR count). The number of ether oxygens (including phenoxy) is 1. The van der Waals surface area contributed by atoms with Crippen LogP contribution in [0.1, 0.15) is 20.8 Å². The van der Waals surface area contributed by atoms with Crippen LogP contribution in [0.3, 0.4) is 0 Å². The molecule has 2 aromatic carbocycles. The van der Waals surface area contributed by atoms with Gasteiger partial charge in [0.05, 0.1) is 5.02 Å². The summed E-state index contributed by atoms with van der Waals surface area (Å²) in [6, 6.07) is 13.6. The quantitative estimate of drug-likeness (QED) is 0.644. The van der Waals surface area contributed by atoms with Gasteiger partial charge < -0.3 is 19.9 Å². The zero-order valence-corrected chi connectivity index (χ0v) is 16.0. The molecule has 28 heavy (non-hydrogen) atoms. The molecule has 1 heterocycles. The first-order valence-electron chi connectivity index (χ1n) is 8.41. The van der Waals surface area contributed by atoms with Gasteiger partial charge in [-0.2, -0.15) is 0 Å². The van der Waals surface area contributed by atoms with E-state index in [0.717, 1.165) is 0 Å². The minimum atomic E-state index is -0.719. The van der Waals surface area contributed by atoms with Crippen LogP contribution in [0.2, 0.25) is 5.02 Å². The van der Waals surface area contributed by atoms with Crippen molar-refractivity contribution in [1.82, 2.24) is 9.88 Å². The number of hydrogen-bond donors (Lipinski definition) is 2. The fourth-order valence-electron chi connectivity index (χ4n) is 2.60. The van der Waals surface area contributed by atoms with Gasteiger partial charge in [-0.15, -0.1) is 0 Å². The molecule has 0 radical (unpaired) electrons. The van der Waals surface area contributed by atoms with Gasteiger partial charge in [-0.05, 0) is 30.3 Å². The highest BCUT2D eigenvalue weighted by atomic mass is 35.5. The Hall–Kier alpha value is -3.32. The normalized spacial score (nSPS) is 10.5. The van der Waals surface area contributed by atoms with E-state index in [1.807, 2.05) is 12.1 Å². The molecule has 8 heteroatoms. The average Bonchev–Trinajstić information content (AvgIpc) is 3.03. The van der Waals surface area contributed by atoms with Crippen LogP contribution in [0.15, 0.2) is 48.5 Å². The van der Waals surface area contributed by atoms with Gasteiger partial charge in [-0.25, -0.2) is 4.79 Å². The zero-order valence-electron chi connectivity index (χ0n) is 15.3. The van der Waals surface area contributed by atoms with Crippen molar-refractivity contribution in [3.63, 3.8) is 0 Å². The van der Waals surface area contributed by atoms with E-state index in [4.69, 9.17) is 16.3 Å². The lowest BCUT2D eigenvalue weighted by Crippen LogP contribution is -2.22. The summed E-state index contributed by atoms with van der Waals surface area (Å²) >= 11 is 6.20. The standard InChI is InChI=1S/C20H18ClN3O4/c1-24(2)19(26)12-7-9-13(10-8-12)22-16(25)11-28-20(27)18-17(21)14-5-3-4-6-15(14)23-18/h3-10,23H,11H2,1-2H3,(H,22,25). The largest absolute Gasteiger partial charge is 0.451 e. The first-order valence-corrected chi connectivity index (χ1v) is 8.79. The summed E-state index contributed by atoms with van der Waals surface area (Å²) < 4.78 is 5.04. The lowest BCUT2D eigenvalue weighted by atomic mass is 10.2. The molecular weight excluding hydrogens is 382 g/mol. The van der Waals surface area contributed by atoms with Crippen molar-refractivity contribution < 1.29 is 19.1 Å². The molecule has 0 unspecified atom stereocenters. The number of carbonyl (C=O) groups is 3. The van der Waals surface area contributed by atoms with E-state index in [2.05, 4.69) is 10.3 Å². The molecule has 0 aliphatic heterocycles. The zero-order chi connectivity index (χ0) is 20.3. The Kier molecular flexibility index (Phi) is 5.65. The number of hydrogen-bond acceptors (Lipinski definition) is 4. The molecule has 0 saturated heterocycles. The molecule has 0 aliphatic rings. The Bertz CT molecular complexity index is 1040. The van der Waals surface area contributed by atoms with Gasteiger partial charge in [0, 0.05) is 36.2 Å². The summed E-state index contributed by atoms with van der Waals surface area (Å²) in [4.78, 5) is 40.4. The molecule has 1 aromatic heterocycles. The first kappa shape index (κ1) is 19.4. The number of fused-ring (bicyclic) bond motifs is 1.